The van der Waals surface area contributed by atoms with E-state index in [1.165, 1.54) is 0 Å². The number of likely N-dealkylation sites (tertiary alicyclic amines) is 1. The molecule has 1 atom stereocenters. The minimum Gasteiger partial charge on any atom is -0.493 e. The van der Waals surface area contributed by atoms with Gasteiger partial charge in [0.25, 0.3) is 5.91 Å². The Labute approximate surface area is 193 Å². The van der Waals surface area contributed by atoms with Gasteiger partial charge < -0.3 is 23.8 Å². The average Bonchev–Trinajstić information content (AvgIpc) is 3.24. The molecule has 3 heterocycles. The number of benzene rings is 1. The molecule has 172 valence electrons. The summed E-state index contributed by atoms with van der Waals surface area (Å²) < 4.78 is 13.3. The summed E-state index contributed by atoms with van der Waals surface area (Å²) in [6.45, 7) is 3.72. The normalized spacial score (nSPS) is 21.4. The fourth-order valence-corrected chi connectivity index (χ4v) is 4.60. The van der Waals surface area contributed by atoms with Crippen molar-refractivity contribution in [1.29, 1.82) is 0 Å². The first-order valence-corrected chi connectivity index (χ1v) is 11.3. The van der Waals surface area contributed by atoms with Gasteiger partial charge in [-0.3, -0.25) is 9.59 Å². The van der Waals surface area contributed by atoms with Crippen LogP contribution in [0, 0.1) is 5.41 Å². The summed E-state index contributed by atoms with van der Waals surface area (Å²) in [6, 6.07) is 7.24. The van der Waals surface area contributed by atoms with E-state index in [0.29, 0.717) is 68.9 Å². The van der Waals surface area contributed by atoms with Crippen LogP contribution in [-0.4, -0.2) is 77.2 Å². The van der Waals surface area contributed by atoms with Gasteiger partial charge in [0.2, 0.25) is 5.91 Å². The van der Waals surface area contributed by atoms with Crippen LogP contribution in [0.4, 0.5) is 0 Å². The maximum Gasteiger partial charge on any atom is 0.274 e. The second-order valence-corrected chi connectivity index (χ2v) is 9.11. The minimum absolute atomic E-state index is 0.0788. The van der Waals surface area contributed by atoms with E-state index in [-0.39, 0.29) is 11.8 Å². The first kappa shape index (κ1) is 22.6. The van der Waals surface area contributed by atoms with Gasteiger partial charge in [0, 0.05) is 56.3 Å². The van der Waals surface area contributed by atoms with E-state index in [2.05, 4.69) is 4.98 Å². The van der Waals surface area contributed by atoms with Crippen molar-refractivity contribution in [3.63, 3.8) is 0 Å². The number of aromatic nitrogens is 2. The summed E-state index contributed by atoms with van der Waals surface area (Å²) in [5.74, 6) is 0.621. The Kier molecular flexibility index (Phi) is 7.01. The number of nitrogens with zero attached hydrogens (tertiary/aromatic N) is 4. The fraction of sp³-hybridized carbons (Fsp3) is 0.522. The lowest BCUT2D eigenvalue weighted by Gasteiger charge is -2.43. The molecule has 8 nitrogen and oxygen atoms in total. The SMILES string of the molecule is Cn1cnc(C(=O)N2CCCC(COc3cccc(Cl)c3)(CC(=O)N3CCOCC3)C2)c1. The van der Waals surface area contributed by atoms with Crippen LogP contribution in [0.2, 0.25) is 5.02 Å². The highest BCUT2D eigenvalue weighted by Gasteiger charge is 2.41. The maximum atomic E-state index is 13.2. The molecule has 1 aromatic heterocycles. The highest BCUT2D eigenvalue weighted by atomic mass is 35.5. The second kappa shape index (κ2) is 9.92. The standard InChI is InChI=1S/C23H29ClN4O4/c1-26-14-20(25-17-26)22(30)28-7-3-6-23(15-28,13-21(29)27-8-10-31-11-9-27)16-32-19-5-2-4-18(24)12-19/h2,4-5,12,14,17H,3,6-11,13,15-16H2,1H3. The van der Waals surface area contributed by atoms with E-state index in [0.717, 1.165) is 12.8 Å². The number of halogens is 1. The van der Waals surface area contributed by atoms with E-state index >= 15 is 0 Å². The smallest absolute Gasteiger partial charge is 0.274 e. The third-order valence-electron chi connectivity index (χ3n) is 6.10. The third kappa shape index (κ3) is 5.42. The number of rotatable bonds is 6. The summed E-state index contributed by atoms with van der Waals surface area (Å²) in [6.07, 6.45) is 5.26. The van der Waals surface area contributed by atoms with Crippen molar-refractivity contribution in [2.75, 3.05) is 46.0 Å². The number of imidazole rings is 1. The lowest BCUT2D eigenvalue weighted by molar-refractivity contribution is -0.139. The molecular formula is C23H29ClN4O4. The van der Waals surface area contributed by atoms with E-state index in [4.69, 9.17) is 21.1 Å². The molecule has 0 radical (unpaired) electrons. The molecule has 2 amide bonds. The maximum absolute atomic E-state index is 13.2. The molecule has 9 heteroatoms. The van der Waals surface area contributed by atoms with Crippen LogP contribution in [0.3, 0.4) is 0 Å². The highest BCUT2D eigenvalue weighted by molar-refractivity contribution is 6.30. The van der Waals surface area contributed by atoms with E-state index < -0.39 is 5.41 Å². The number of piperidine rings is 1. The number of carbonyl (C=O) groups excluding carboxylic acids is 2. The molecule has 1 aromatic carbocycles. The van der Waals surface area contributed by atoms with Crippen molar-refractivity contribution in [3.8, 4) is 5.75 Å². The Hall–Kier alpha value is -2.58. The van der Waals surface area contributed by atoms with E-state index in [1.807, 2.05) is 24.1 Å². The van der Waals surface area contributed by atoms with Crippen LogP contribution in [0.5, 0.6) is 5.75 Å². The molecule has 0 N–H and O–H groups in total. The van der Waals surface area contributed by atoms with Gasteiger partial charge in [0.15, 0.2) is 0 Å². The second-order valence-electron chi connectivity index (χ2n) is 8.67. The van der Waals surface area contributed by atoms with Gasteiger partial charge in [-0.05, 0) is 31.0 Å². The van der Waals surface area contributed by atoms with Crippen molar-refractivity contribution >= 4 is 23.4 Å². The quantitative estimate of drug-likeness (QED) is 0.662. The van der Waals surface area contributed by atoms with Crippen LogP contribution in [0.15, 0.2) is 36.8 Å². The average molecular weight is 461 g/mol. The molecule has 0 saturated carbocycles. The largest absolute Gasteiger partial charge is 0.493 e. The first-order chi connectivity index (χ1) is 15.4. The predicted molar refractivity (Wildman–Crippen MR) is 120 cm³/mol. The fourth-order valence-electron chi connectivity index (χ4n) is 4.42. The van der Waals surface area contributed by atoms with Gasteiger partial charge >= 0.3 is 0 Å². The molecule has 2 aliphatic rings. The van der Waals surface area contributed by atoms with Gasteiger partial charge in [-0.1, -0.05) is 17.7 Å². The van der Waals surface area contributed by atoms with Gasteiger partial charge in [-0.2, -0.15) is 0 Å². The Morgan fingerprint density at radius 2 is 2.03 bits per heavy atom. The Balaban J connectivity index is 1.52. The van der Waals surface area contributed by atoms with Gasteiger partial charge in [0.1, 0.15) is 11.4 Å². The number of hydrogen-bond acceptors (Lipinski definition) is 5. The van der Waals surface area contributed by atoms with Gasteiger partial charge in [-0.15, -0.1) is 0 Å². The van der Waals surface area contributed by atoms with Crippen molar-refractivity contribution in [2.24, 2.45) is 12.5 Å². The highest BCUT2D eigenvalue weighted by Crippen LogP contribution is 2.36. The predicted octanol–water partition coefficient (Wildman–Crippen LogP) is 2.62. The molecular weight excluding hydrogens is 432 g/mol. The van der Waals surface area contributed by atoms with Crippen molar-refractivity contribution in [1.82, 2.24) is 19.4 Å². The van der Waals surface area contributed by atoms with Crippen molar-refractivity contribution in [3.05, 3.63) is 47.5 Å². The minimum atomic E-state index is -0.486. The summed E-state index contributed by atoms with van der Waals surface area (Å²) in [4.78, 5) is 34.1. The summed E-state index contributed by atoms with van der Waals surface area (Å²) in [5.41, 5.74) is -0.0704. The Morgan fingerprint density at radius 1 is 1.22 bits per heavy atom. The zero-order valence-electron chi connectivity index (χ0n) is 18.3. The van der Waals surface area contributed by atoms with E-state index in [9.17, 15) is 9.59 Å². The topological polar surface area (TPSA) is 76.9 Å². The number of carbonyl (C=O) groups is 2. The van der Waals surface area contributed by atoms with Crippen LogP contribution in [-0.2, 0) is 16.6 Å². The zero-order chi connectivity index (χ0) is 22.6. The molecule has 0 bridgehead atoms. The van der Waals surface area contributed by atoms with Crippen LogP contribution in [0.1, 0.15) is 29.8 Å². The number of morpholine rings is 1. The number of ether oxygens (including phenoxy) is 2. The molecule has 2 saturated heterocycles. The lowest BCUT2D eigenvalue weighted by atomic mass is 9.77. The summed E-state index contributed by atoms with van der Waals surface area (Å²) in [7, 11) is 1.84. The Morgan fingerprint density at radius 3 is 2.75 bits per heavy atom. The number of aryl methyl sites for hydroxylation is 1. The molecule has 0 aliphatic carbocycles. The molecule has 1 unspecified atom stereocenters. The van der Waals surface area contributed by atoms with Crippen molar-refractivity contribution in [2.45, 2.75) is 19.3 Å². The van der Waals surface area contributed by atoms with Crippen LogP contribution < -0.4 is 4.74 Å². The number of amides is 2. The van der Waals surface area contributed by atoms with E-state index in [1.54, 1.807) is 34.1 Å². The van der Waals surface area contributed by atoms with Crippen molar-refractivity contribution < 1.29 is 19.1 Å². The molecule has 2 fully saturated rings. The number of hydrogen-bond donors (Lipinski definition) is 0. The molecule has 2 aliphatic heterocycles. The van der Waals surface area contributed by atoms with Gasteiger partial charge in [-0.25, -0.2) is 4.98 Å². The zero-order valence-corrected chi connectivity index (χ0v) is 19.1. The molecule has 32 heavy (non-hydrogen) atoms. The van der Waals surface area contributed by atoms with Crippen LogP contribution in [0.25, 0.3) is 0 Å². The van der Waals surface area contributed by atoms with Gasteiger partial charge in [0.05, 0.1) is 26.1 Å². The molecule has 2 aromatic rings. The molecule has 0 spiro atoms. The molecule has 4 rings (SSSR count). The van der Waals surface area contributed by atoms with Crippen LogP contribution >= 0.6 is 11.6 Å². The summed E-state index contributed by atoms with van der Waals surface area (Å²) >= 11 is 6.11. The monoisotopic (exact) mass is 460 g/mol. The lowest BCUT2D eigenvalue weighted by Crippen LogP contribution is -2.52. The summed E-state index contributed by atoms with van der Waals surface area (Å²) in [5, 5.41) is 0.594. The third-order valence-corrected chi connectivity index (χ3v) is 6.34. The Bertz CT molecular complexity index is 959. The first-order valence-electron chi connectivity index (χ1n) is 11.0.